The van der Waals surface area contributed by atoms with Crippen LogP contribution < -0.4 is 5.32 Å². The molecular weight excluding hydrogens is 538 g/mol. The maximum absolute atomic E-state index is 13.8. The SMILES string of the molecule is Cc1cc(-c2nc(C(F)(F)F)c(CN3CCC(C(=O)NCCCN4CCC[C@H](C)C4)CC3)o2)cc(C(F)(F)F)c1. The van der Waals surface area contributed by atoms with Crippen LogP contribution in [0.25, 0.3) is 11.5 Å². The van der Waals surface area contributed by atoms with Crippen molar-refractivity contribution in [1.29, 1.82) is 0 Å². The van der Waals surface area contributed by atoms with Gasteiger partial charge < -0.3 is 14.6 Å². The number of likely N-dealkylation sites (tertiary alicyclic amines) is 2. The number of carbonyl (C=O) groups is 1. The molecule has 1 amide bonds. The lowest BCUT2D eigenvalue weighted by Gasteiger charge is -2.31. The zero-order valence-electron chi connectivity index (χ0n) is 22.8. The molecule has 0 saturated carbocycles. The number of hydrogen-bond acceptors (Lipinski definition) is 5. The van der Waals surface area contributed by atoms with Crippen LogP contribution in [-0.2, 0) is 23.7 Å². The normalized spacial score (nSPS) is 20.1. The fraction of sp³-hybridized carbons (Fsp3) is 0.643. The number of hydrogen-bond donors (Lipinski definition) is 1. The number of nitrogens with one attached hydrogen (secondary N) is 1. The fourth-order valence-electron chi connectivity index (χ4n) is 5.58. The van der Waals surface area contributed by atoms with Crippen LogP contribution in [0.15, 0.2) is 22.6 Å². The molecule has 2 aliphatic heterocycles. The predicted octanol–water partition coefficient (Wildman–Crippen LogP) is 6.14. The summed E-state index contributed by atoms with van der Waals surface area (Å²) in [4.78, 5) is 20.4. The summed E-state index contributed by atoms with van der Waals surface area (Å²) in [5.74, 6) is -0.511. The highest BCUT2D eigenvalue weighted by Crippen LogP contribution is 2.38. The largest absolute Gasteiger partial charge is 0.439 e. The van der Waals surface area contributed by atoms with Gasteiger partial charge in [-0.1, -0.05) is 6.92 Å². The third-order valence-electron chi connectivity index (χ3n) is 7.63. The Bertz CT molecular complexity index is 1150. The van der Waals surface area contributed by atoms with Gasteiger partial charge in [0, 0.05) is 24.6 Å². The van der Waals surface area contributed by atoms with Crippen molar-refractivity contribution < 1.29 is 35.6 Å². The van der Waals surface area contributed by atoms with Crippen LogP contribution in [0.2, 0.25) is 0 Å². The van der Waals surface area contributed by atoms with Crippen LogP contribution in [0.1, 0.15) is 61.6 Å². The van der Waals surface area contributed by atoms with E-state index in [4.69, 9.17) is 4.42 Å². The molecule has 2 aromatic rings. The number of aromatic nitrogens is 1. The molecule has 1 aromatic heterocycles. The van der Waals surface area contributed by atoms with Crippen molar-refractivity contribution in [1.82, 2.24) is 20.1 Å². The molecule has 0 radical (unpaired) electrons. The summed E-state index contributed by atoms with van der Waals surface area (Å²) in [7, 11) is 0. The van der Waals surface area contributed by atoms with Crippen molar-refractivity contribution in [3.8, 4) is 11.5 Å². The Hall–Kier alpha value is -2.60. The van der Waals surface area contributed by atoms with E-state index >= 15 is 0 Å². The average Bonchev–Trinajstić information content (AvgIpc) is 3.31. The van der Waals surface area contributed by atoms with Gasteiger partial charge in [0.25, 0.3) is 0 Å². The van der Waals surface area contributed by atoms with Crippen LogP contribution in [0.4, 0.5) is 26.3 Å². The molecule has 0 aliphatic carbocycles. The van der Waals surface area contributed by atoms with Crippen LogP contribution in [0, 0.1) is 18.8 Å². The van der Waals surface area contributed by atoms with Gasteiger partial charge in [-0.15, -0.1) is 0 Å². The van der Waals surface area contributed by atoms with Gasteiger partial charge in [-0.25, -0.2) is 4.98 Å². The highest BCUT2D eigenvalue weighted by Gasteiger charge is 2.40. The molecule has 1 atom stereocenters. The van der Waals surface area contributed by atoms with E-state index in [-0.39, 0.29) is 29.5 Å². The number of alkyl halides is 6. The molecule has 3 heterocycles. The van der Waals surface area contributed by atoms with Crippen molar-refractivity contribution in [3.05, 3.63) is 40.8 Å². The summed E-state index contributed by atoms with van der Waals surface area (Å²) in [5, 5.41) is 3.00. The Kier molecular flexibility index (Phi) is 9.49. The number of oxazole rings is 1. The van der Waals surface area contributed by atoms with Gasteiger partial charge in [-0.05, 0) is 94.9 Å². The molecule has 2 saturated heterocycles. The van der Waals surface area contributed by atoms with Gasteiger partial charge in [-0.2, -0.15) is 26.3 Å². The second kappa shape index (κ2) is 12.5. The van der Waals surface area contributed by atoms with Crippen LogP contribution in [-0.4, -0.2) is 60.0 Å². The number of halogens is 6. The predicted molar refractivity (Wildman–Crippen MR) is 137 cm³/mol. The first-order valence-electron chi connectivity index (χ1n) is 13.8. The summed E-state index contributed by atoms with van der Waals surface area (Å²) < 4.78 is 86.4. The summed E-state index contributed by atoms with van der Waals surface area (Å²) in [6, 6.07) is 2.95. The number of benzene rings is 1. The smallest absolute Gasteiger partial charge is 0.436 e. The van der Waals surface area contributed by atoms with E-state index in [9.17, 15) is 31.1 Å². The van der Waals surface area contributed by atoms with Crippen molar-refractivity contribution in [2.24, 2.45) is 11.8 Å². The lowest BCUT2D eigenvalue weighted by Crippen LogP contribution is -2.41. The maximum atomic E-state index is 13.8. The quantitative estimate of drug-likeness (QED) is 0.303. The van der Waals surface area contributed by atoms with Crippen molar-refractivity contribution in [2.45, 2.75) is 64.8 Å². The van der Waals surface area contributed by atoms with E-state index in [1.165, 1.54) is 25.8 Å². The molecule has 1 N–H and O–H groups in total. The monoisotopic (exact) mass is 574 g/mol. The van der Waals surface area contributed by atoms with Gasteiger partial charge in [0.2, 0.25) is 11.8 Å². The zero-order chi connectivity index (χ0) is 29.1. The second-order valence-corrected chi connectivity index (χ2v) is 11.1. The highest BCUT2D eigenvalue weighted by atomic mass is 19.4. The third kappa shape index (κ3) is 7.99. The lowest BCUT2D eigenvalue weighted by molar-refractivity contribution is -0.142. The minimum atomic E-state index is -4.84. The van der Waals surface area contributed by atoms with Crippen molar-refractivity contribution in [3.63, 3.8) is 0 Å². The number of rotatable bonds is 8. The molecule has 2 aliphatic rings. The van der Waals surface area contributed by atoms with Gasteiger partial charge in [0.1, 0.15) is 0 Å². The van der Waals surface area contributed by atoms with Crippen LogP contribution in [0.3, 0.4) is 0 Å². The molecule has 4 rings (SSSR count). The van der Waals surface area contributed by atoms with Crippen molar-refractivity contribution in [2.75, 3.05) is 39.3 Å². The molecule has 0 bridgehead atoms. The molecule has 0 spiro atoms. The standard InChI is InChI=1S/C28H36F6N4O2/c1-18-5-3-9-37(16-18)10-4-8-35-25(39)20-6-11-38(12-7-20)17-23-24(28(32,33)34)36-26(40-23)21-13-19(2)14-22(15-21)27(29,30)31/h13-15,18,20H,3-12,16-17H2,1-2H3,(H,35,39)/t18-/m0/s1. The van der Waals surface area contributed by atoms with E-state index in [2.05, 4.69) is 22.1 Å². The van der Waals surface area contributed by atoms with Gasteiger partial charge in [0.15, 0.2) is 11.5 Å². The van der Waals surface area contributed by atoms with E-state index < -0.39 is 35.3 Å². The highest BCUT2D eigenvalue weighted by molar-refractivity contribution is 5.78. The van der Waals surface area contributed by atoms with Gasteiger partial charge >= 0.3 is 12.4 Å². The molecule has 12 heteroatoms. The molecule has 6 nitrogen and oxygen atoms in total. The summed E-state index contributed by atoms with van der Waals surface area (Å²) in [6.07, 6.45) is -5.18. The Labute approximate surface area is 230 Å². The maximum Gasteiger partial charge on any atom is 0.436 e. The number of nitrogens with zero attached hydrogens (tertiary/aromatic N) is 3. The second-order valence-electron chi connectivity index (χ2n) is 11.1. The number of aryl methyl sites for hydroxylation is 1. The van der Waals surface area contributed by atoms with Crippen LogP contribution >= 0.6 is 0 Å². The van der Waals surface area contributed by atoms with Gasteiger partial charge in [0.05, 0.1) is 12.1 Å². The minimum absolute atomic E-state index is 0.0375. The van der Waals surface area contributed by atoms with E-state index in [0.29, 0.717) is 38.4 Å². The Balaban J connectivity index is 1.33. The molecular formula is C28H36F6N4O2. The first-order valence-corrected chi connectivity index (χ1v) is 13.8. The summed E-state index contributed by atoms with van der Waals surface area (Å²) >= 11 is 0. The van der Waals surface area contributed by atoms with Crippen molar-refractivity contribution >= 4 is 5.91 Å². The first-order chi connectivity index (χ1) is 18.8. The Morgan fingerprint density at radius 3 is 2.40 bits per heavy atom. The topological polar surface area (TPSA) is 61.6 Å². The first kappa shape index (κ1) is 30.4. The number of piperidine rings is 2. The number of carbonyl (C=O) groups excluding carboxylic acids is 1. The molecule has 40 heavy (non-hydrogen) atoms. The average molecular weight is 575 g/mol. The number of amides is 1. The Morgan fingerprint density at radius 1 is 1.02 bits per heavy atom. The summed E-state index contributed by atoms with van der Waals surface area (Å²) in [5.41, 5.74) is -2.19. The van der Waals surface area contributed by atoms with E-state index in [1.807, 2.05) is 0 Å². The fourth-order valence-corrected chi connectivity index (χ4v) is 5.58. The molecule has 1 aromatic carbocycles. The van der Waals surface area contributed by atoms with Crippen LogP contribution in [0.5, 0.6) is 0 Å². The summed E-state index contributed by atoms with van der Waals surface area (Å²) in [6.45, 7) is 7.97. The van der Waals surface area contributed by atoms with Gasteiger partial charge in [-0.3, -0.25) is 9.69 Å². The molecule has 2 fully saturated rings. The third-order valence-corrected chi connectivity index (χ3v) is 7.63. The molecule has 222 valence electrons. The van der Waals surface area contributed by atoms with E-state index in [1.54, 1.807) is 4.90 Å². The molecule has 0 unspecified atom stereocenters. The lowest BCUT2D eigenvalue weighted by atomic mass is 9.95. The van der Waals surface area contributed by atoms with E-state index in [0.717, 1.165) is 38.2 Å². The zero-order valence-corrected chi connectivity index (χ0v) is 22.8. The Morgan fingerprint density at radius 2 is 1.75 bits per heavy atom. The minimum Gasteiger partial charge on any atom is -0.439 e.